The summed E-state index contributed by atoms with van der Waals surface area (Å²) < 4.78 is 48.9. The SMILES string of the molecule is CCc1ccc(NC(=O)Cn2c(C)c(N3CCN(C(C)=O)CC3)c(=O)n3nc(C4=CCOCC4)nc23)cc1C(F)(F)F. The lowest BCUT2D eigenvalue weighted by atomic mass is 10.0. The number of benzene rings is 1. The van der Waals surface area contributed by atoms with Crippen LogP contribution in [0.3, 0.4) is 0 Å². The third-order valence-electron chi connectivity index (χ3n) is 7.65. The van der Waals surface area contributed by atoms with Gasteiger partial charge in [0.15, 0.2) is 5.82 Å². The molecule has 1 N–H and O–H groups in total. The fraction of sp³-hybridized carbons (Fsp3) is 0.464. The number of nitrogens with one attached hydrogen (secondary N) is 1. The highest BCUT2D eigenvalue weighted by Gasteiger charge is 2.33. The summed E-state index contributed by atoms with van der Waals surface area (Å²) in [5, 5.41) is 7.05. The van der Waals surface area contributed by atoms with Crippen LogP contribution in [-0.4, -0.2) is 75.3 Å². The molecule has 0 aliphatic carbocycles. The van der Waals surface area contributed by atoms with Gasteiger partial charge in [-0.2, -0.15) is 22.7 Å². The van der Waals surface area contributed by atoms with Crippen LogP contribution in [-0.2, 0) is 33.5 Å². The lowest BCUT2D eigenvalue weighted by molar-refractivity contribution is -0.138. The minimum atomic E-state index is -4.56. The molecule has 42 heavy (non-hydrogen) atoms. The van der Waals surface area contributed by atoms with E-state index in [1.54, 1.807) is 23.3 Å². The molecule has 224 valence electrons. The summed E-state index contributed by atoms with van der Waals surface area (Å²) in [6.45, 7) is 7.03. The number of carbonyl (C=O) groups excluding carboxylic acids is 2. The van der Waals surface area contributed by atoms with Gasteiger partial charge in [-0.1, -0.05) is 19.1 Å². The molecule has 0 atom stereocenters. The van der Waals surface area contributed by atoms with Gasteiger partial charge < -0.3 is 24.4 Å². The Morgan fingerprint density at radius 1 is 1.14 bits per heavy atom. The number of hydrogen-bond donors (Lipinski definition) is 1. The number of piperazine rings is 1. The smallest absolute Gasteiger partial charge is 0.377 e. The molecule has 5 rings (SSSR count). The lowest BCUT2D eigenvalue weighted by Crippen LogP contribution is -2.50. The van der Waals surface area contributed by atoms with Crippen molar-refractivity contribution in [1.29, 1.82) is 0 Å². The minimum absolute atomic E-state index is 0.00865. The number of halogens is 3. The number of aromatic nitrogens is 4. The van der Waals surface area contributed by atoms with Gasteiger partial charge in [-0.3, -0.25) is 14.4 Å². The summed E-state index contributed by atoms with van der Waals surface area (Å²) in [5.41, 5.74) is 0.514. The fourth-order valence-corrected chi connectivity index (χ4v) is 5.38. The molecule has 11 nitrogen and oxygen atoms in total. The zero-order valence-electron chi connectivity index (χ0n) is 23.6. The van der Waals surface area contributed by atoms with E-state index in [1.165, 1.54) is 19.1 Å². The van der Waals surface area contributed by atoms with E-state index in [2.05, 4.69) is 15.4 Å². The van der Waals surface area contributed by atoms with Gasteiger partial charge in [0.25, 0.3) is 5.56 Å². The summed E-state index contributed by atoms with van der Waals surface area (Å²) in [6, 6.07) is 3.72. The quantitative estimate of drug-likeness (QED) is 0.472. The van der Waals surface area contributed by atoms with Gasteiger partial charge in [-0.25, -0.2) is 0 Å². The van der Waals surface area contributed by atoms with Crippen molar-refractivity contribution in [2.24, 2.45) is 0 Å². The number of amides is 2. The zero-order valence-corrected chi connectivity index (χ0v) is 23.6. The Kier molecular flexibility index (Phi) is 8.08. The van der Waals surface area contributed by atoms with Crippen molar-refractivity contribution in [3.63, 3.8) is 0 Å². The first-order valence-electron chi connectivity index (χ1n) is 13.8. The molecule has 0 unspecified atom stereocenters. The summed E-state index contributed by atoms with van der Waals surface area (Å²) in [6.07, 6.45) is -1.98. The minimum Gasteiger partial charge on any atom is -0.377 e. The largest absolute Gasteiger partial charge is 0.416 e. The summed E-state index contributed by atoms with van der Waals surface area (Å²) >= 11 is 0. The first kappa shape index (κ1) is 29.3. The second kappa shape index (κ2) is 11.6. The molecule has 0 bridgehead atoms. The average Bonchev–Trinajstić information content (AvgIpc) is 3.41. The zero-order chi connectivity index (χ0) is 30.2. The van der Waals surface area contributed by atoms with E-state index in [0.29, 0.717) is 63.0 Å². The van der Waals surface area contributed by atoms with Gasteiger partial charge >= 0.3 is 6.18 Å². The third kappa shape index (κ3) is 5.75. The van der Waals surface area contributed by atoms with Crippen LogP contribution in [0, 0.1) is 6.92 Å². The van der Waals surface area contributed by atoms with E-state index in [-0.39, 0.29) is 35.9 Å². The Bertz CT molecular complexity index is 1620. The standard InChI is InChI=1S/C28H32F3N7O4/c1-4-19-5-6-21(15-22(19)28(29,30)31)32-23(40)16-37-17(2)24(36-11-9-35(10-12-36)18(3)39)26(41)38-27(37)33-25(34-38)20-7-13-42-14-8-20/h5-7,15H,4,8-14,16H2,1-3H3,(H,32,40). The maximum Gasteiger partial charge on any atom is 0.416 e. The molecule has 1 fully saturated rings. The monoisotopic (exact) mass is 587 g/mol. The van der Waals surface area contributed by atoms with E-state index in [9.17, 15) is 27.6 Å². The molecule has 1 aromatic carbocycles. The van der Waals surface area contributed by atoms with Crippen LogP contribution in [0.5, 0.6) is 0 Å². The van der Waals surface area contributed by atoms with Crippen molar-refractivity contribution >= 4 is 34.5 Å². The van der Waals surface area contributed by atoms with Gasteiger partial charge in [-0.05, 0) is 43.0 Å². The number of nitrogens with zero attached hydrogens (tertiary/aromatic N) is 6. The molecule has 2 aliphatic heterocycles. The summed E-state index contributed by atoms with van der Waals surface area (Å²) in [7, 11) is 0. The highest BCUT2D eigenvalue weighted by Crippen LogP contribution is 2.34. The Labute approximate surface area is 239 Å². The molecule has 4 heterocycles. The molecule has 1 saturated heterocycles. The van der Waals surface area contributed by atoms with Crippen molar-refractivity contribution in [2.75, 3.05) is 49.6 Å². The van der Waals surface area contributed by atoms with Crippen LogP contribution in [0.2, 0.25) is 0 Å². The molecule has 0 saturated carbocycles. The van der Waals surface area contributed by atoms with Crippen LogP contribution in [0.1, 0.15) is 42.9 Å². The number of carbonyl (C=O) groups is 2. The average molecular weight is 588 g/mol. The van der Waals surface area contributed by atoms with Gasteiger partial charge in [0.1, 0.15) is 12.2 Å². The second-order valence-electron chi connectivity index (χ2n) is 10.3. The van der Waals surface area contributed by atoms with Crippen molar-refractivity contribution in [3.8, 4) is 0 Å². The third-order valence-corrected chi connectivity index (χ3v) is 7.65. The molecule has 0 radical (unpaired) electrons. The molecule has 2 amide bonds. The molecular formula is C28H32F3N7O4. The lowest BCUT2D eigenvalue weighted by Gasteiger charge is -2.36. The van der Waals surface area contributed by atoms with Crippen molar-refractivity contribution < 1.29 is 27.5 Å². The molecule has 2 aromatic heterocycles. The van der Waals surface area contributed by atoms with Crippen molar-refractivity contribution in [2.45, 2.75) is 46.3 Å². The highest BCUT2D eigenvalue weighted by atomic mass is 19.4. The highest BCUT2D eigenvalue weighted by molar-refractivity contribution is 5.91. The van der Waals surface area contributed by atoms with Crippen LogP contribution in [0.15, 0.2) is 29.1 Å². The second-order valence-corrected chi connectivity index (χ2v) is 10.3. The predicted molar refractivity (Wildman–Crippen MR) is 149 cm³/mol. The first-order chi connectivity index (χ1) is 20.0. The van der Waals surface area contributed by atoms with Crippen LogP contribution in [0.4, 0.5) is 24.5 Å². The van der Waals surface area contributed by atoms with Gasteiger partial charge in [-0.15, -0.1) is 5.10 Å². The molecule has 14 heteroatoms. The molecular weight excluding hydrogens is 555 g/mol. The Morgan fingerprint density at radius 2 is 1.88 bits per heavy atom. The Balaban J connectivity index is 1.53. The number of ether oxygens (including phenoxy) is 1. The van der Waals surface area contributed by atoms with E-state index in [1.807, 2.05) is 11.0 Å². The van der Waals surface area contributed by atoms with E-state index in [4.69, 9.17) is 4.74 Å². The number of rotatable bonds is 6. The van der Waals surface area contributed by atoms with Gasteiger partial charge in [0, 0.05) is 44.5 Å². The summed E-state index contributed by atoms with van der Waals surface area (Å²) in [4.78, 5) is 47.0. The van der Waals surface area contributed by atoms with Crippen LogP contribution in [0.25, 0.3) is 11.4 Å². The first-order valence-corrected chi connectivity index (χ1v) is 13.8. The number of aryl methyl sites for hydroxylation is 1. The Morgan fingerprint density at radius 3 is 2.50 bits per heavy atom. The fourth-order valence-electron chi connectivity index (χ4n) is 5.38. The molecule has 3 aromatic rings. The topological polar surface area (TPSA) is 114 Å². The summed E-state index contributed by atoms with van der Waals surface area (Å²) in [5.74, 6) is -0.170. The number of hydrogen-bond acceptors (Lipinski definition) is 7. The number of fused-ring (bicyclic) bond motifs is 1. The van der Waals surface area contributed by atoms with E-state index in [0.717, 1.165) is 16.2 Å². The molecule has 0 spiro atoms. The van der Waals surface area contributed by atoms with Crippen molar-refractivity contribution in [1.82, 2.24) is 24.1 Å². The maximum absolute atomic E-state index is 13.8. The predicted octanol–water partition coefficient (Wildman–Crippen LogP) is 2.89. The van der Waals surface area contributed by atoms with Gasteiger partial charge in [0.05, 0.1) is 18.8 Å². The van der Waals surface area contributed by atoms with Gasteiger partial charge in [0.2, 0.25) is 17.6 Å². The van der Waals surface area contributed by atoms with E-state index >= 15 is 0 Å². The van der Waals surface area contributed by atoms with Crippen LogP contribution < -0.4 is 15.8 Å². The van der Waals surface area contributed by atoms with Crippen molar-refractivity contribution in [3.05, 3.63) is 57.3 Å². The van der Waals surface area contributed by atoms with Crippen LogP contribution >= 0.6 is 0 Å². The normalized spacial score (nSPS) is 16.1. The number of anilines is 2. The molecule has 2 aliphatic rings. The van der Waals surface area contributed by atoms with E-state index < -0.39 is 23.2 Å². The Hall–Kier alpha value is -4.20. The number of alkyl halides is 3. The maximum atomic E-state index is 13.8.